The number of nitro groups is 1. The van der Waals surface area contributed by atoms with Crippen molar-refractivity contribution in [1.82, 2.24) is 9.80 Å². The highest BCUT2D eigenvalue weighted by Gasteiger charge is 2.33. The molecule has 0 aliphatic carbocycles. The van der Waals surface area contributed by atoms with Gasteiger partial charge in [0.2, 0.25) is 0 Å². The van der Waals surface area contributed by atoms with Gasteiger partial charge in [-0.3, -0.25) is 19.8 Å². The van der Waals surface area contributed by atoms with Crippen molar-refractivity contribution < 1.29 is 22.9 Å². The molecule has 1 fully saturated rings. The average molecular weight is 393 g/mol. The van der Waals surface area contributed by atoms with E-state index >= 15 is 0 Å². The number of hydrogen-bond donors (Lipinski definition) is 0. The number of piperazine rings is 1. The molecule has 28 heavy (non-hydrogen) atoms. The fraction of sp³-hybridized carbons (Fsp3) is 0.316. The maximum atomic E-state index is 13.1. The Morgan fingerprint density at radius 1 is 1.00 bits per heavy atom. The number of nitrogens with zero attached hydrogens (tertiary/aromatic N) is 3. The summed E-state index contributed by atoms with van der Waals surface area (Å²) in [6.45, 7) is 1.82. The smallest absolute Gasteiger partial charge is 0.336 e. The SMILES string of the molecule is O=C(c1ccc([N+](=O)[O-])cc1)N1CCN(Cc2ccccc2C(F)(F)F)CC1. The highest BCUT2D eigenvalue weighted by atomic mass is 19.4. The molecule has 2 aromatic rings. The van der Waals surface area contributed by atoms with Gasteiger partial charge in [0, 0.05) is 50.4 Å². The molecule has 0 spiro atoms. The fourth-order valence-electron chi connectivity index (χ4n) is 3.19. The zero-order valence-electron chi connectivity index (χ0n) is 14.9. The van der Waals surface area contributed by atoms with E-state index in [2.05, 4.69) is 0 Å². The molecule has 1 heterocycles. The number of halogens is 3. The minimum absolute atomic E-state index is 0.0929. The van der Waals surface area contributed by atoms with Crippen molar-refractivity contribution in [2.45, 2.75) is 12.7 Å². The number of alkyl halides is 3. The van der Waals surface area contributed by atoms with E-state index in [1.165, 1.54) is 36.4 Å². The molecule has 1 aliphatic rings. The summed E-state index contributed by atoms with van der Waals surface area (Å²) >= 11 is 0. The molecule has 1 saturated heterocycles. The summed E-state index contributed by atoms with van der Waals surface area (Å²) in [5.41, 5.74) is -0.171. The molecule has 0 saturated carbocycles. The minimum atomic E-state index is -4.40. The molecule has 148 valence electrons. The van der Waals surface area contributed by atoms with E-state index in [0.29, 0.717) is 31.7 Å². The van der Waals surface area contributed by atoms with Gasteiger partial charge in [-0.05, 0) is 23.8 Å². The number of benzene rings is 2. The van der Waals surface area contributed by atoms with E-state index in [4.69, 9.17) is 0 Å². The monoisotopic (exact) mass is 393 g/mol. The standard InChI is InChI=1S/C19H18F3N3O3/c20-19(21,22)17-4-2-1-3-15(17)13-23-9-11-24(12-10-23)18(26)14-5-7-16(8-6-14)25(27)28/h1-8H,9-13H2. The van der Waals surface area contributed by atoms with Gasteiger partial charge < -0.3 is 4.90 Å². The van der Waals surface area contributed by atoms with Crippen LogP contribution in [-0.4, -0.2) is 46.8 Å². The normalized spacial score (nSPS) is 15.5. The largest absolute Gasteiger partial charge is 0.416 e. The molecule has 0 N–H and O–H groups in total. The third kappa shape index (κ3) is 4.48. The second-order valence-corrected chi connectivity index (χ2v) is 6.53. The van der Waals surface area contributed by atoms with E-state index in [9.17, 15) is 28.1 Å². The molecule has 2 aromatic carbocycles. The van der Waals surface area contributed by atoms with Crippen LogP contribution in [0.3, 0.4) is 0 Å². The Kier molecular flexibility index (Phi) is 5.64. The van der Waals surface area contributed by atoms with Crippen LogP contribution in [0.25, 0.3) is 0 Å². The van der Waals surface area contributed by atoms with Crippen molar-refractivity contribution in [1.29, 1.82) is 0 Å². The zero-order chi connectivity index (χ0) is 20.3. The summed E-state index contributed by atoms with van der Waals surface area (Å²) < 4.78 is 39.4. The number of hydrogen-bond acceptors (Lipinski definition) is 4. The van der Waals surface area contributed by atoms with Gasteiger partial charge in [0.1, 0.15) is 0 Å². The minimum Gasteiger partial charge on any atom is -0.336 e. The van der Waals surface area contributed by atoms with Crippen LogP contribution in [0.15, 0.2) is 48.5 Å². The first-order valence-corrected chi connectivity index (χ1v) is 8.67. The van der Waals surface area contributed by atoms with Gasteiger partial charge in [0.25, 0.3) is 11.6 Å². The van der Waals surface area contributed by atoms with E-state index < -0.39 is 16.7 Å². The van der Waals surface area contributed by atoms with Crippen LogP contribution in [0.4, 0.5) is 18.9 Å². The fourth-order valence-corrected chi connectivity index (χ4v) is 3.19. The van der Waals surface area contributed by atoms with Crippen molar-refractivity contribution in [3.63, 3.8) is 0 Å². The van der Waals surface area contributed by atoms with Crippen molar-refractivity contribution in [3.05, 3.63) is 75.3 Å². The zero-order valence-corrected chi connectivity index (χ0v) is 14.9. The molecule has 0 bridgehead atoms. The Bertz CT molecular complexity index is 861. The Labute approximate surface area is 159 Å². The topological polar surface area (TPSA) is 66.7 Å². The average Bonchev–Trinajstić information content (AvgIpc) is 2.68. The van der Waals surface area contributed by atoms with Crippen LogP contribution in [0, 0.1) is 10.1 Å². The van der Waals surface area contributed by atoms with Crippen molar-refractivity contribution in [2.24, 2.45) is 0 Å². The van der Waals surface area contributed by atoms with Crippen LogP contribution in [-0.2, 0) is 12.7 Å². The number of rotatable bonds is 4. The van der Waals surface area contributed by atoms with Gasteiger partial charge in [0.05, 0.1) is 10.5 Å². The first kappa shape index (κ1) is 19.8. The second kappa shape index (κ2) is 7.97. The van der Waals surface area contributed by atoms with Gasteiger partial charge in [-0.1, -0.05) is 18.2 Å². The third-order valence-electron chi connectivity index (χ3n) is 4.70. The number of carbonyl (C=O) groups is 1. The predicted molar refractivity (Wildman–Crippen MR) is 95.7 cm³/mol. The van der Waals surface area contributed by atoms with Crippen LogP contribution < -0.4 is 0 Å². The van der Waals surface area contributed by atoms with Gasteiger partial charge in [-0.15, -0.1) is 0 Å². The molecule has 0 unspecified atom stereocenters. The number of nitro benzene ring substituents is 1. The third-order valence-corrected chi connectivity index (χ3v) is 4.70. The molecule has 0 aromatic heterocycles. The van der Waals surface area contributed by atoms with E-state index in [-0.39, 0.29) is 23.7 Å². The summed E-state index contributed by atoms with van der Waals surface area (Å²) in [6.07, 6.45) is -4.40. The second-order valence-electron chi connectivity index (χ2n) is 6.53. The Morgan fingerprint density at radius 2 is 1.61 bits per heavy atom. The van der Waals surface area contributed by atoms with Gasteiger partial charge in [-0.2, -0.15) is 13.2 Å². The van der Waals surface area contributed by atoms with E-state index in [0.717, 1.165) is 6.07 Å². The lowest BCUT2D eigenvalue weighted by Crippen LogP contribution is -2.48. The van der Waals surface area contributed by atoms with E-state index in [1.807, 2.05) is 4.90 Å². The lowest BCUT2D eigenvalue weighted by molar-refractivity contribution is -0.384. The molecule has 9 heteroatoms. The lowest BCUT2D eigenvalue weighted by atomic mass is 10.1. The van der Waals surface area contributed by atoms with E-state index in [1.54, 1.807) is 11.0 Å². The summed E-state index contributed by atoms with van der Waals surface area (Å²) in [5.74, 6) is -0.245. The predicted octanol–water partition coefficient (Wildman–Crippen LogP) is 3.57. The Balaban J connectivity index is 1.60. The molecule has 6 nitrogen and oxygen atoms in total. The van der Waals surface area contributed by atoms with Crippen LogP contribution in [0.2, 0.25) is 0 Å². The summed E-state index contributed by atoms with van der Waals surface area (Å²) in [5, 5.41) is 10.7. The summed E-state index contributed by atoms with van der Waals surface area (Å²) in [6, 6.07) is 10.9. The van der Waals surface area contributed by atoms with Crippen molar-refractivity contribution in [2.75, 3.05) is 26.2 Å². The quantitative estimate of drug-likeness (QED) is 0.588. The van der Waals surface area contributed by atoms with Crippen LogP contribution >= 0.6 is 0 Å². The summed E-state index contributed by atoms with van der Waals surface area (Å²) in [7, 11) is 0. The highest BCUT2D eigenvalue weighted by Crippen LogP contribution is 2.32. The Hall–Kier alpha value is -2.94. The van der Waals surface area contributed by atoms with Crippen molar-refractivity contribution in [3.8, 4) is 0 Å². The summed E-state index contributed by atoms with van der Waals surface area (Å²) in [4.78, 5) is 26.2. The molecule has 3 rings (SSSR count). The first-order valence-electron chi connectivity index (χ1n) is 8.67. The lowest BCUT2D eigenvalue weighted by Gasteiger charge is -2.35. The Morgan fingerprint density at radius 3 is 2.18 bits per heavy atom. The van der Waals surface area contributed by atoms with Crippen LogP contribution in [0.5, 0.6) is 0 Å². The number of carbonyl (C=O) groups excluding carboxylic acids is 1. The molecular formula is C19H18F3N3O3. The first-order chi connectivity index (χ1) is 13.3. The maximum absolute atomic E-state index is 13.1. The highest BCUT2D eigenvalue weighted by molar-refractivity contribution is 5.94. The molecule has 1 amide bonds. The van der Waals surface area contributed by atoms with Crippen LogP contribution in [0.1, 0.15) is 21.5 Å². The molecule has 0 radical (unpaired) electrons. The van der Waals surface area contributed by atoms with Crippen molar-refractivity contribution >= 4 is 11.6 Å². The number of non-ortho nitro benzene ring substituents is 1. The molecular weight excluding hydrogens is 375 g/mol. The molecule has 0 atom stereocenters. The molecule has 1 aliphatic heterocycles. The number of amides is 1. The maximum Gasteiger partial charge on any atom is 0.416 e. The van der Waals surface area contributed by atoms with Gasteiger partial charge >= 0.3 is 6.18 Å². The van der Waals surface area contributed by atoms with Gasteiger partial charge in [-0.25, -0.2) is 0 Å². The van der Waals surface area contributed by atoms with Gasteiger partial charge in [0.15, 0.2) is 0 Å².